The smallest absolute Gasteiger partial charge is 0.350 e. The molecule has 0 bridgehead atoms. The summed E-state index contributed by atoms with van der Waals surface area (Å²) in [4.78, 5) is 33.7. The van der Waals surface area contributed by atoms with Crippen LogP contribution in [0.2, 0.25) is 0 Å². The molecule has 1 aromatic carbocycles. The number of aryl methyl sites for hydroxylation is 1. The predicted molar refractivity (Wildman–Crippen MR) is 75.8 cm³/mol. The number of carbonyl (C=O) groups is 2. The molecule has 116 valence electrons. The van der Waals surface area contributed by atoms with Gasteiger partial charge in [-0.25, -0.2) is 9.59 Å². The van der Waals surface area contributed by atoms with Gasteiger partial charge in [-0.2, -0.15) is 0 Å². The molecule has 1 N–H and O–H groups in total. The highest BCUT2D eigenvalue weighted by atomic mass is 16.7. The van der Waals surface area contributed by atoms with E-state index < -0.39 is 22.6 Å². The molecule has 0 atom stereocenters. The first-order valence-corrected chi connectivity index (χ1v) is 6.38. The van der Waals surface area contributed by atoms with Crippen molar-refractivity contribution in [2.24, 2.45) is 0 Å². The highest BCUT2D eigenvalue weighted by Gasteiger charge is 2.38. The molecule has 0 saturated carbocycles. The number of hydrogen-bond donors (Lipinski definition) is 1. The van der Waals surface area contributed by atoms with Gasteiger partial charge < -0.3 is 14.8 Å². The Hall–Kier alpha value is -2.90. The number of nitro groups is 1. The van der Waals surface area contributed by atoms with Gasteiger partial charge in [0.1, 0.15) is 0 Å². The molecule has 1 saturated heterocycles. The number of non-ortho nitro benzene ring substituents is 1. The van der Waals surface area contributed by atoms with Crippen LogP contribution in [-0.4, -0.2) is 22.6 Å². The second-order valence-electron chi connectivity index (χ2n) is 5.14. The van der Waals surface area contributed by atoms with E-state index in [-0.39, 0.29) is 11.3 Å². The number of ether oxygens (including phenoxy) is 2. The van der Waals surface area contributed by atoms with E-state index >= 15 is 0 Å². The summed E-state index contributed by atoms with van der Waals surface area (Å²) in [5.41, 5.74) is 0.776. The summed E-state index contributed by atoms with van der Waals surface area (Å²) in [7, 11) is 0. The molecule has 0 aliphatic carbocycles. The highest BCUT2D eigenvalue weighted by molar-refractivity contribution is 6.15. The van der Waals surface area contributed by atoms with Crippen molar-refractivity contribution < 1.29 is 24.0 Å². The van der Waals surface area contributed by atoms with E-state index in [1.165, 1.54) is 32.0 Å². The maximum Gasteiger partial charge on any atom is 0.350 e. The monoisotopic (exact) mass is 306 g/mol. The summed E-state index contributed by atoms with van der Waals surface area (Å²) < 4.78 is 9.89. The van der Waals surface area contributed by atoms with Gasteiger partial charge in [0.05, 0.1) is 4.92 Å². The molecule has 1 aromatic rings. The van der Waals surface area contributed by atoms with Crippen molar-refractivity contribution in [3.05, 3.63) is 45.6 Å². The van der Waals surface area contributed by atoms with Gasteiger partial charge >= 0.3 is 11.9 Å². The van der Waals surface area contributed by atoms with E-state index in [0.29, 0.717) is 11.3 Å². The van der Waals surface area contributed by atoms with Gasteiger partial charge in [-0.15, -0.1) is 0 Å². The van der Waals surface area contributed by atoms with E-state index in [4.69, 9.17) is 9.47 Å². The lowest BCUT2D eigenvalue weighted by Gasteiger charge is -2.29. The summed E-state index contributed by atoms with van der Waals surface area (Å²) in [5.74, 6) is -2.89. The van der Waals surface area contributed by atoms with E-state index in [0.717, 1.165) is 6.20 Å². The zero-order valence-corrected chi connectivity index (χ0v) is 12.2. The standard InChI is InChI=1S/C14H14N2O6/c1-8-6-9(16(19)20)4-5-11(8)15-7-10-12(17)21-14(2,3)22-13(10)18/h4-7,15H,1-3H3. The van der Waals surface area contributed by atoms with Crippen LogP contribution < -0.4 is 5.32 Å². The van der Waals surface area contributed by atoms with Gasteiger partial charge in [0.2, 0.25) is 0 Å². The molecule has 0 amide bonds. The average Bonchev–Trinajstić information content (AvgIpc) is 2.37. The van der Waals surface area contributed by atoms with Crippen LogP contribution >= 0.6 is 0 Å². The maximum absolute atomic E-state index is 11.7. The minimum absolute atomic E-state index is 0.0473. The van der Waals surface area contributed by atoms with E-state index in [9.17, 15) is 19.7 Å². The van der Waals surface area contributed by atoms with Crippen LogP contribution in [0.25, 0.3) is 0 Å². The molecule has 1 aliphatic heterocycles. The number of nitro benzene ring substituents is 1. The number of benzene rings is 1. The third-order valence-electron chi connectivity index (χ3n) is 2.91. The SMILES string of the molecule is Cc1cc([N+](=O)[O-])ccc1NC=C1C(=O)OC(C)(C)OC1=O. The van der Waals surface area contributed by atoms with Crippen LogP contribution in [-0.2, 0) is 19.1 Å². The fourth-order valence-electron chi connectivity index (χ4n) is 1.85. The molecule has 8 heteroatoms. The Morgan fingerprint density at radius 1 is 1.23 bits per heavy atom. The number of cyclic esters (lactones) is 2. The molecular formula is C14H14N2O6. The fraction of sp³-hybridized carbons (Fsp3) is 0.286. The third-order valence-corrected chi connectivity index (χ3v) is 2.91. The minimum atomic E-state index is -1.30. The average molecular weight is 306 g/mol. The molecule has 1 aliphatic rings. The first kappa shape index (κ1) is 15.5. The molecule has 8 nitrogen and oxygen atoms in total. The quantitative estimate of drug-likeness (QED) is 0.299. The second kappa shape index (κ2) is 5.47. The minimum Gasteiger partial charge on any atom is -0.419 e. The number of carbonyl (C=O) groups excluding carboxylic acids is 2. The first-order valence-electron chi connectivity index (χ1n) is 6.38. The fourth-order valence-corrected chi connectivity index (χ4v) is 1.85. The molecule has 1 fully saturated rings. The van der Waals surface area contributed by atoms with Gasteiger partial charge in [0.25, 0.3) is 11.5 Å². The van der Waals surface area contributed by atoms with Crippen molar-refractivity contribution >= 4 is 23.3 Å². The lowest BCUT2D eigenvalue weighted by molar-refractivity contribution is -0.384. The zero-order valence-electron chi connectivity index (χ0n) is 12.2. The molecule has 22 heavy (non-hydrogen) atoms. The number of rotatable bonds is 3. The van der Waals surface area contributed by atoms with Gasteiger partial charge in [-0.05, 0) is 18.6 Å². The Morgan fingerprint density at radius 2 is 1.82 bits per heavy atom. The highest BCUT2D eigenvalue weighted by Crippen LogP contribution is 2.24. The van der Waals surface area contributed by atoms with Crippen LogP contribution in [0.3, 0.4) is 0 Å². The summed E-state index contributed by atoms with van der Waals surface area (Å²) in [6.07, 6.45) is 1.16. The number of hydrogen-bond acceptors (Lipinski definition) is 7. The van der Waals surface area contributed by atoms with Crippen molar-refractivity contribution in [3.63, 3.8) is 0 Å². The number of nitrogens with zero attached hydrogens (tertiary/aromatic N) is 1. The van der Waals surface area contributed by atoms with Crippen LogP contribution in [0, 0.1) is 17.0 Å². The van der Waals surface area contributed by atoms with Gasteiger partial charge in [-0.1, -0.05) is 0 Å². The van der Waals surface area contributed by atoms with E-state index in [2.05, 4.69) is 5.32 Å². The second-order valence-corrected chi connectivity index (χ2v) is 5.14. The summed E-state index contributed by atoms with van der Waals surface area (Å²) in [6, 6.07) is 4.17. The molecular weight excluding hydrogens is 292 g/mol. The van der Waals surface area contributed by atoms with Gasteiger partial charge in [0, 0.05) is 37.9 Å². The van der Waals surface area contributed by atoms with Crippen molar-refractivity contribution in [2.75, 3.05) is 5.32 Å². The van der Waals surface area contributed by atoms with Gasteiger partial charge in [-0.3, -0.25) is 10.1 Å². The lowest BCUT2D eigenvalue weighted by Crippen LogP contribution is -2.42. The van der Waals surface area contributed by atoms with Crippen LogP contribution in [0.15, 0.2) is 30.0 Å². The molecule has 0 unspecified atom stereocenters. The number of nitrogens with one attached hydrogen (secondary N) is 1. The normalized spacial score (nSPS) is 16.6. The summed E-state index contributed by atoms with van der Waals surface area (Å²) in [6.45, 7) is 4.56. The number of esters is 2. The lowest BCUT2D eigenvalue weighted by atomic mass is 10.1. The largest absolute Gasteiger partial charge is 0.419 e. The molecule has 1 heterocycles. The van der Waals surface area contributed by atoms with E-state index in [1.807, 2.05) is 0 Å². The Labute approximate surface area is 125 Å². The van der Waals surface area contributed by atoms with Crippen LogP contribution in [0.1, 0.15) is 19.4 Å². The van der Waals surface area contributed by atoms with Crippen molar-refractivity contribution in [2.45, 2.75) is 26.6 Å². The van der Waals surface area contributed by atoms with Crippen molar-refractivity contribution in [1.82, 2.24) is 0 Å². The molecule has 0 aromatic heterocycles. The van der Waals surface area contributed by atoms with Crippen molar-refractivity contribution in [1.29, 1.82) is 0 Å². The topological polar surface area (TPSA) is 108 Å². The molecule has 0 spiro atoms. The summed E-state index contributed by atoms with van der Waals surface area (Å²) in [5, 5.41) is 13.4. The van der Waals surface area contributed by atoms with Crippen molar-refractivity contribution in [3.8, 4) is 0 Å². The zero-order chi connectivity index (χ0) is 16.5. The molecule has 0 radical (unpaired) electrons. The Morgan fingerprint density at radius 3 is 2.32 bits per heavy atom. The third kappa shape index (κ3) is 3.22. The molecule has 2 rings (SSSR count). The summed E-state index contributed by atoms with van der Waals surface area (Å²) >= 11 is 0. The Kier molecular flexibility index (Phi) is 3.85. The van der Waals surface area contributed by atoms with Crippen LogP contribution in [0.4, 0.5) is 11.4 Å². The maximum atomic E-state index is 11.7. The van der Waals surface area contributed by atoms with E-state index in [1.54, 1.807) is 6.92 Å². The predicted octanol–water partition coefficient (Wildman–Crippen LogP) is 2.04. The Balaban J connectivity index is 2.20. The Bertz CT molecular complexity index is 671. The number of anilines is 1. The van der Waals surface area contributed by atoms with Gasteiger partial charge in [0.15, 0.2) is 5.57 Å². The van der Waals surface area contributed by atoms with Crippen LogP contribution in [0.5, 0.6) is 0 Å². The first-order chi connectivity index (χ1) is 10.2.